The van der Waals surface area contributed by atoms with E-state index in [0.717, 1.165) is 64.7 Å². The third kappa shape index (κ3) is 25.6. The van der Waals surface area contributed by atoms with E-state index in [-0.39, 0.29) is 75.5 Å². The molecule has 0 spiro atoms. The van der Waals surface area contributed by atoms with E-state index in [1.165, 1.54) is 7.11 Å². The van der Waals surface area contributed by atoms with Crippen LogP contribution < -0.4 is 56.8 Å². The second-order valence-electron chi connectivity index (χ2n) is 33.5. The highest BCUT2D eigenvalue weighted by Gasteiger charge is 2.47. The molecule has 12 heterocycles. The van der Waals surface area contributed by atoms with Crippen LogP contribution in [0, 0.1) is 70.9 Å². The van der Waals surface area contributed by atoms with Gasteiger partial charge in [0.05, 0.1) is 127 Å². The third-order valence-corrected chi connectivity index (χ3v) is 23.0. The summed E-state index contributed by atoms with van der Waals surface area (Å²) < 4.78 is 797. The lowest BCUT2D eigenvalue weighted by molar-refractivity contribution is -0.130. The monoisotopic (exact) mass is 2030 g/mol. The summed E-state index contributed by atoms with van der Waals surface area (Å²) in [5, 5.41) is 0. The fraction of sp³-hybridized carbons (Fsp3) is 0.641. The number of benzene rings is 6. The van der Waals surface area contributed by atoms with E-state index in [9.17, 15) is 31.5 Å². The van der Waals surface area contributed by atoms with Crippen molar-refractivity contribution in [1.29, 1.82) is 0 Å². The highest BCUT2D eigenvalue weighted by Crippen LogP contribution is 2.51. The van der Waals surface area contributed by atoms with E-state index in [2.05, 4.69) is 0 Å². The summed E-state index contributed by atoms with van der Waals surface area (Å²) in [7, 11) is -12.4. The van der Waals surface area contributed by atoms with Gasteiger partial charge in [0.25, 0.3) is 0 Å². The quantitative estimate of drug-likeness (QED) is 0.0466. The number of Topliss-reactive ketones (excluding diaryl/α,β-unsaturated/α-hetero) is 6. The van der Waals surface area contributed by atoms with Crippen molar-refractivity contribution in [2.24, 2.45) is 70.9 Å². The van der Waals surface area contributed by atoms with Gasteiger partial charge in [-0.05, 0) is 251 Å². The largest absolute Gasteiger partial charge is 0.493 e. The van der Waals surface area contributed by atoms with Crippen molar-refractivity contribution in [1.82, 2.24) is 29.4 Å². The molecule has 774 valence electrons. The number of fused-ring (bicyclic) bond motifs is 18. The SMILES string of the molecule is [2H]C([2H])([2H])Oc1cc2c(cc1OC)C1([2H])CC(=O)C(CC(C)C)C([2H])([2H])N1C([2H])([2H])C2([2H])[2H].[2H]C([2H])([2H])Oc1cc2c(cc1OC)C1([2H])N(CC([2H])(CC(C)C)C(=O)C1([2H])[2H])C([2H])([2H])C2([2H])[2H].[2H]c1c(OC([2H])([2H])[2H])c(OC)c([2H])c2c1C([2H])([2H])C([2H])([2H])N1CC([2H])(C([2H])([2H])C([2H])(C([2H])([2H])[2H])C([2H])([2H])C)C(=O)C([2H])([2H])C21[2H].[2H]c1c(OC)c(OC([2H])([2H])[2H])c([2H])c2c1C1([2H])CC(=O)C(C([2H])([2H])C([2H])(C([2H])([2H])[2H])C([2H])([2H])C)C([2H])([2H])N1C([2H])([2H])C2([2H])[2H].[2H]c1c(OC)c(OC([2H])([2H])[2H])c([2H])c2c1C1([2H])CC(=O)C(CC(C)C)CN1C([2H])([2H])C2([2H])[2H].[2H]c1c(OC)c(OC([2H])([2H])[2H])c([2H])c2c1C1CC(=O)C(C([2H])([2H])C([2H])(C([2H])([2H])[2H])C([2H])([2H])C)CN1C([2H])([2H])C2([2H])[2H]. The van der Waals surface area contributed by atoms with Gasteiger partial charge in [-0.15, -0.1) is 0 Å². The molecule has 0 aromatic heterocycles. The van der Waals surface area contributed by atoms with Gasteiger partial charge in [-0.2, -0.15) is 0 Å². The molecule has 0 saturated carbocycles. The van der Waals surface area contributed by atoms with E-state index in [0.29, 0.717) is 41.9 Å². The number of ether oxygens (including phenoxy) is 12. The van der Waals surface area contributed by atoms with E-state index in [1.807, 2.05) is 13.8 Å². The molecular weight excluding hydrogens is 1780 g/mol. The zero-order valence-corrected chi connectivity index (χ0v) is 79.2. The maximum absolute atomic E-state index is 14.0. The van der Waals surface area contributed by atoms with Crippen molar-refractivity contribution >= 4 is 34.7 Å². The topological polar surface area (TPSA) is 233 Å². The molecule has 0 N–H and O–H groups in total. The van der Waals surface area contributed by atoms with Crippen LogP contribution in [0.2, 0.25) is 0 Å². The van der Waals surface area contributed by atoms with Crippen molar-refractivity contribution in [2.75, 3.05) is 163 Å². The molecule has 15 atom stereocenters. The van der Waals surface area contributed by atoms with Gasteiger partial charge in [0.1, 0.15) is 34.7 Å². The van der Waals surface area contributed by atoms with Gasteiger partial charge >= 0.3 is 0 Å². The van der Waals surface area contributed by atoms with Crippen LogP contribution in [0.25, 0.3) is 0 Å². The molecule has 24 nitrogen and oxygen atoms in total. The maximum Gasteiger partial charge on any atom is 0.161 e. The van der Waals surface area contributed by atoms with Crippen molar-refractivity contribution < 1.29 is 208 Å². The summed E-state index contributed by atoms with van der Waals surface area (Å²) >= 11 is 0. The summed E-state index contributed by atoms with van der Waals surface area (Å²) in [6.07, 6.45) is -50.7. The molecule has 141 heavy (non-hydrogen) atoms. The molecule has 6 aromatic carbocycles. The van der Waals surface area contributed by atoms with Crippen LogP contribution in [0.1, 0.15) is 404 Å². The van der Waals surface area contributed by atoms with Crippen LogP contribution in [-0.4, -0.2) is 227 Å². The Labute approximate surface area is 967 Å². The molecule has 0 amide bonds. The number of carbonyl (C=O) groups excluding carboxylic acids is 6. The van der Waals surface area contributed by atoms with E-state index in [1.54, 1.807) is 27.7 Å². The molecule has 24 heteroatoms. The zero-order valence-electron chi connectivity index (χ0n) is 168. The minimum atomic E-state index is -4.21. The van der Waals surface area contributed by atoms with Gasteiger partial charge in [-0.3, -0.25) is 58.2 Å². The lowest BCUT2D eigenvalue weighted by atomic mass is 9.79. The molecule has 0 aliphatic carbocycles. The lowest BCUT2D eigenvalue weighted by Gasteiger charge is -2.43. The number of ketones is 6. The first kappa shape index (κ1) is 41.5. The molecule has 0 bridgehead atoms. The standard InChI is InChI=1S/3C20H29NO3.3C19H27NO3/c3*1-5-13(2)8-15-12-21-7-6-14-9-19(23-3)20(24-4)10-16(14)17(21)11-18(15)22;3*1-12(2)7-14-11-20-6-5-13-8-18(22-3)19(23-4)9-15(13)16(20)10-17(14)21/h3*9-10,13,15,17H,5-8,11-12H2,1-4H3;3*8-9,12,14,16H,5-7,10-11H2,1-4H3/i2D3,3D3,5D2,6D2,7D2,8D2,9D,10D,11D2,13D,15D,17D;2D3,3D3,5D2,6D2,7D2,8D2,9D,10D,12D2,13D,17D;2D3,3D3,5D2,6D2,7D2,8D2,9D,10D,13D;3D3,5D2,6D2,10D2,14D,16D;3D3,5D2,6D2,8D,9D,16D;3D3,5D2,6D2,11D2,16D. The average molecular weight is 2040 g/mol. The molecule has 0 radical (unpaired) electrons. The number of carbonyl (C=O) groups is 6. The van der Waals surface area contributed by atoms with Crippen LogP contribution in [-0.2, 0) is 67.0 Å². The second kappa shape index (κ2) is 50.0. The zero-order chi connectivity index (χ0) is 180. The number of aryl methyl sites for hydroxylation is 2. The van der Waals surface area contributed by atoms with Gasteiger partial charge < -0.3 is 56.8 Å². The molecule has 12 aliphatic rings. The molecule has 12 aliphatic heterocycles. The highest BCUT2D eigenvalue weighted by atomic mass is 16.5. The van der Waals surface area contributed by atoms with Gasteiger partial charge in [-0.1, -0.05) is 102 Å². The predicted molar refractivity (Wildman–Crippen MR) is 555 cm³/mol. The molecular formula is C117H168N6O18. The summed E-state index contributed by atoms with van der Waals surface area (Å²) in [4.78, 5) is 82.9. The lowest BCUT2D eigenvalue weighted by Crippen LogP contribution is -2.46. The van der Waals surface area contributed by atoms with Gasteiger partial charge in [0.2, 0.25) is 0 Å². The number of hydrogen-bond donors (Lipinski definition) is 0. The van der Waals surface area contributed by atoms with Gasteiger partial charge in [0.15, 0.2) is 69.0 Å². The van der Waals surface area contributed by atoms with Crippen LogP contribution in [0.4, 0.5) is 0 Å². The third-order valence-electron chi connectivity index (χ3n) is 23.0. The van der Waals surface area contributed by atoms with Crippen LogP contribution in [0.3, 0.4) is 0 Å². The number of methoxy groups -OCH3 is 12. The fourth-order valence-corrected chi connectivity index (χ4v) is 16.1. The number of piperidine rings is 6. The Hall–Kier alpha value is -9.30. The first-order valence-electron chi connectivity index (χ1n) is 88.2. The maximum atomic E-state index is 14.0. The van der Waals surface area contributed by atoms with E-state index in [4.69, 9.17) is 176 Å². The van der Waals surface area contributed by atoms with Crippen LogP contribution in [0.15, 0.2) is 72.6 Å². The van der Waals surface area contributed by atoms with Crippen molar-refractivity contribution in [3.63, 3.8) is 0 Å². The smallest absolute Gasteiger partial charge is 0.161 e. The van der Waals surface area contributed by atoms with Crippen molar-refractivity contribution in [3.8, 4) is 69.0 Å². The molecule has 6 aromatic rings. The van der Waals surface area contributed by atoms with Crippen molar-refractivity contribution in [3.05, 3.63) is 139 Å². The average Bonchev–Trinajstić information content (AvgIpc) is 0.632. The first-order chi connectivity index (χ1) is 102. The summed E-state index contributed by atoms with van der Waals surface area (Å²) in [6.45, 7) is -29.0. The van der Waals surface area contributed by atoms with Crippen molar-refractivity contribution in [2.45, 2.75) is 253 Å². The van der Waals surface area contributed by atoms with Crippen LogP contribution >= 0.6 is 0 Å². The number of nitrogens with zero attached hydrogens (tertiary/aromatic N) is 6. The summed E-state index contributed by atoms with van der Waals surface area (Å²) in [5.41, 5.74) is -8.46. The normalized spacial score (nSPS) is 45.3. The predicted octanol–water partition coefficient (Wildman–Crippen LogP) is 20.6. The van der Waals surface area contributed by atoms with Gasteiger partial charge in [0, 0.05) is 268 Å². The molecule has 6 saturated heterocycles. The second-order valence-corrected chi connectivity index (χ2v) is 33.5. The van der Waals surface area contributed by atoms with Crippen LogP contribution in [0.5, 0.6) is 69.0 Å². The highest BCUT2D eigenvalue weighted by molar-refractivity contribution is 5.86. The first-order valence-corrected chi connectivity index (χ1v) is 43.7. The number of rotatable bonds is 27. The minimum Gasteiger partial charge on any atom is -0.493 e. The Morgan fingerprint density at radius 2 is 0.638 bits per heavy atom. The Kier molecular flexibility index (Phi) is 14.7. The summed E-state index contributed by atoms with van der Waals surface area (Å²) in [5.74, 6) is -39.5. The molecule has 18 rings (SSSR count). The minimum absolute atomic E-state index is 0.0911. The Balaban J connectivity index is 0.000000219. The Morgan fingerprint density at radius 3 is 1.09 bits per heavy atom. The van der Waals surface area contributed by atoms with Gasteiger partial charge in [-0.25, -0.2) is 0 Å². The Morgan fingerprint density at radius 1 is 0.326 bits per heavy atom. The Bertz CT molecular complexity index is 9680. The fourth-order valence-electron chi connectivity index (χ4n) is 16.1. The number of hydrogen-bond acceptors (Lipinski definition) is 24. The molecule has 6 fully saturated rings. The summed E-state index contributed by atoms with van der Waals surface area (Å²) in [6, 6.07) is -19.5. The van der Waals surface area contributed by atoms with E-state index >= 15 is 0 Å². The van der Waals surface area contributed by atoms with E-state index < -0.39 is 529 Å². The molecule has 15 unspecified atom stereocenters.